The molecule has 1 aliphatic heterocycles. The van der Waals surface area contributed by atoms with E-state index in [2.05, 4.69) is 63.0 Å². The molecule has 1 saturated heterocycles. The van der Waals surface area contributed by atoms with E-state index in [9.17, 15) is 4.39 Å². The van der Waals surface area contributed by atoms with Crippen LogP contribution in [-0.4, -0.2) is 75.6 Å². The van der Waals surface area contributed by atoms with Gasteiger partial charge in [0.2, 0.25) is 0 Å². The van der Waals surface area contributed by atoms with Crippen molar-refractivity contribution in [1.29, 1.82) is 0 Å². The molecule has 0 spiro atoms. The van der Waals surface area contributed by atoms with Crippen LogP contribution in [0.25, 0.3) is 33.9 Å². The van der Waals surface area contributed by atoms with Gasteiger partial charge in [-0.25, -0.2) is 24.0 Å². The SMILES string of the molecule is C[Si](C)(C)CCOCn1cc(Nc2ccnc(-c3cccc(Cl)c3F)n2)c(-c2nc3cc(CN4CCOCC4)ccc3[nH]2)n1. The maximum atomic E-state index is 14.7. The molecule has 0 bridgehead atoms. The minimum Gasteiger partial charge on any atom is -0.379 e. The predicted octanol–water partition coefficient (Wildman–Crippen LogP) is 6.56. The number of anilines is 2. The average molecular weight is 635 g/mol. The lowest BCUT2D eigenvalue weighted by Crippen LogP contribution is -2.35. The molecule has 0 aliphatic carbocycles. The zero-order chi connectivity index (χ0) is 30.7. The highest BCUT2D eigenvalue weighted by Crippen LogP contribution is 2.31. The Morgan fingerprint density at radius 2 is 1.95 bits per heavy atom. The molecule has 13 heteroatoms. The van der Waals surface area contributed by atoms with Crippen molar-refractivity contribution in [3.8, 4) is 22.9 Å². The number of ether oxygens (including phenoxy) is 2. The Labute approximate surface area is 261 Å². The van der Waals surface area contributed by atoms with Crippen molar-refractivity contribution >= 4 is 42.2 Å². The molecular formula is C31H36ClFN8O2Si. The Morgan fingerprint density at radius 3 is 2.77 bits per heavy atom. The number of hydrogen-bond acceptors (Lipinski definition) is 8. The second-order valence-corrected chi connectivity index (χ2v) is 18.1. The van der Waals surface area contributed by atoms with Gasteiger partial charge in [-0.2, -0.15) is 5.10 Å². The number of rotatable bonds is 11. The third kappa shape index (κ3) is 7.33. The molecule has 0 atom stereocenters. The lowest BCUT2D eigenvalue weighted by atomic mass is 10.2. The molecule has 0 saturated carbocycles. The fourth-order valence-electron chi connectivity index (χ4n) is 4.94. The van der Waals surface area contributed by atoms with Crippen LogP contribution in [0.5, 0.6) is 0 Å². The third-order valence-corrected chi connectivity index (χ3v) is 9.37. The third-order valence-electron chi connectivity index (χ3n) is 7.37. The van der Waals surface area contributed by atoms with Gasteiger partial charge in [-0.05, 0) is 41.9 Å². The molecule has 1 aliphatic rings. The summed E-state index contributed by atoms with van der Waals surface area (Å²) in [5.41, 5.74) is 4.47. The molecular weight excluding hydrogens is 599 g/mol. The first-order chi connectivity index (χ1) is 21.2. The van der Waals surface area contributed by atoms with Crippen LogP contribution in [-0.2, 0) is 22.7 Å². The van der Waals surface area contributed by atoms with E-state index in [1.54, 1.807) is 29.1 Å². The average Bonchev–Trinajstić information content (AvgIpc) is 3.60. The first kappa shape index (κ1) is 30.3. The molecule has 2 N–H and O–H groups in total. The second-order valence-electron chi connectivity index (χ2n) is 12.1. The number of aromatic nitrogens is 6. The van der Waals surface area contributed by atoms with Gasteiger partial charge in [0.1, 0.15) is 12.5 Å². The van der Waals surface area contributed by atoms with Gasteiger partial charge in [-0.1, -0.05) is 43.4 Å². The standard InChI is InChI=1S/C31H36ClFN8O2Si/c1-44(2,3)16-15-43-20-41-19-26(35-27-9-10-34-30(38-27)22-5-4-6-23(32)28(22)33)29(39-41)31-36-24-8-7-21(17-25(24)37-31)18-40-11-13-42-14-12-40/h4-10,17,19H,11-16,18,20H2,1-3H3,(H,36,37)(H,34,35,38). The van der Waals surface area contributed by atoms with E-state index in [-0.39, 0.29) is 16.4 Å². The minimum absolute atomic E-state index is 0.0140. The molecule has 5 aromatic rings. The van der Waals surface area contributed by atoms with E-state index in [1.807, 2.05) is 6.20 Å². The molecule has 0 radical (unpaired) electrons. The number of nitrogens with zero attached hydrogens (tertiary/aromatic N) is 6. The van der Waals surface area contributed by atoms with Gasteiger partial charge in [0, 0.05) is 40.5 Å². The number of halogens is 2. The van der Waals surface area contributed by atoms with E-state index < -0.39 is 13.9 Å². The highest BCUT2D eigenvalue weighted by molar-refractivity contribution is 6.76. The van der Waals surface area contributed by atoms with E-state index in [0.717, 1.165) is 49.9 Å². The van der Waals surface area contributed by atoms with Crippen LogP contribution < -0.4 is 5.32 Å². The highest BCUT2D eigenvalue weighted by Gasteiger charge is 2.19. The fourth-order valence-corrected chi connectivity index (χ4v) is 5.87. The Balaban J connectivity index is 1.29. The van der Waals surface area contributed by atoms with Gasteiger partial charge in [-0.15, -0.1) is 0 Å². The molecule has 230 valence electrons. The Hall–Kier alpha value is -3.68. The smallest absolute Gasteiger partial charge is 0.164 e. The summed E-state index contributed by atoms with van der Waals surface area (Å²) in [4.78, 5) is 19.6. The van der Waals surface area contributed by atoms with Crippen molar-refractivity contribution in [2.24, 2.45) is 0 Å². The Morgan fingerprint density at radius 1 is 1.11 bits per heavy atom. The first-order valence-corrected chi connectivity index (χ1v) is 18.8. The van der Waals surface area contributed by atoms with Gasteiger partial charge < -0.3 is 19.8 Å². The summed E-state index contributed by atoms with van der Waals surface area (Å²) in [6.45, 7) is 12.2. The van der Waals surface area contributed by atoms with Crippen LogP contribution in [0.3, 0.4) is 0 Å². The molecule has 0 unspecified atom stereocenters. The van der Waals surface area contributed by atoms with Crippen molar-refractivity contribution in [2.45, 2.75) is 39.0 Å². The summed E-state index contributed by atoms with van der Waals surface area (Å²) in [5, 5.41) is 8.19. The van der Waals surface area contributed by atoms with Crippen LogP contribution in [0.15, 0.2) is 54.9 Å². The van der Waals surface area contributed by atoms with E-state index >= 15 is 0 Å². The first-order valence-electron chi connectivity index (χ1n) is 14.7. The molecule has 44 heavy (non-hydrogen) atoms. The molecule has 6 rings (SSSR count). The van der Waals surface area contributed by atoms with Gasteiger partial charge in [0.25, 0.3) is 0 Å². The molecule has 1 fully saturated rings. The monoisotopic (exact) mass is 634 g/mol. The molecule has 0 amide bonds. The summed E-state index contributed by atoms with van der Waals surface area (Å²) < 4.78 is 28.0. The maximum absolute atomic E-state index is 14.7. The number of morpholine rings is 1. The number of nitrogens with one attached hydrogen (secondary N) is 2. The Bertz CT molecular complexity index is 1750. The number of hydrogen-bond donors (Lipinski definition) is 2. The number of benzene rings is 2. The summed E-state index contributed by atoms with van der Waals surface area (Å²) in [6.07, 6.45) is 3.44. The highest BCUT2D eigenvalue weighted by atomic mass is 35.5. The van der Waals surface area contributed by atoms with Gasteiger partial charge in [-0.3, -0.25) is 4.90 Å². The summed E-state index contributed by atoms with van der Waals surface area (Å²) in [7, 11) is -1.22. The van der Waals surface area contributed by atoms with Crippen molar-refractivity contribution in [3.63, 3.8) is 0 Å². The van der Waals surface area contributed by atoms with Gasteiger partial charge in [0.05, 0.1) is 46.7 Å². The molecule has 2 aromatic carbocycles. The number of H-pyrrole nitrogens is 1. The van der Waals surface area contributed by atoms with E-state index in [4.69, 9.17) is 31.2 Å². The topological polar surface area (TPSA) is 106 Å². The molecule has 10 nitrogen and oxygen atoms in total. The Kier molecular flexibility index (Phi) is 9.05. The van der Waals surface area contributed by atoms with Gasteiger partial charge in [0.15, 0.2) is 23.2 Å². The van der Waals surface area contributed by atoms with Gasteiger partial charge >= 0.3 is 0 Å². The zero-order valence-corrected chi connectivity index (χ0v) is 26.9. The number of aromatic amines is 1. The van der Waals surface area contributed by atoms with Crippen LogP contribution in [0.2, 0.25) is 30.7 Å². The maximum Gasteiger partial charge on any atom is 0.164 e. The number of imidazole rings is 1. The fraction of sp³-hybridized carbons (Fsp3) is 0.355. The minimum atomic E-state index is -1.22. The molecule has 3 aromatic heterocycles. The zero-order valence-electron chi connectivity index (χ0n) is 25.1. The predicted molar refractivity (Wildman–Crippen MR) is 173 cm³/mol. The van der Waals surface area contributed by atoms with E-state index in [1.165, 1.54) is 11.6 Å². The van der Waals surface area contributed by atoms with Crippen LogP contribution in [0.4, 0.5) is 15.9 Å². The summed E-state index contributed by atoms with van der Waals surface area (Å²) >= 11 is 6.01. The van der Waals surface area contributed by atoms with Crippen molar-refractivity contribution < 1.29 is 13.9 Å². The normalized spacial score (nSPS) is 14.4. The van der Waals surface area contributed by atoms with Crippen molar-refractivity contribution in [2.75, 3.05) is 38.2 Å². The van der Waals surface area contributed by atoms with Crippen molar-refractivity contribution in [1.82, 2.24) is 34.6 Å². The quantitative estimate of drug-likeness (QED) is 0.124. The van der Waals surface area contributed by atoms with Crippen LogP contribution in [0, 0.1) is 5.82 Å². The molecule has 4 heterocycles. The second kappa shape index (κ2) is 13.1. The van der Waals surface area contributed by atoms with Crippen molar-refractivity contribution in [3.05, 3.63) is 71.3 Å². The van der Waals surface area contributed by atoms with E-state index in [0.29, 0.717) is 36.4 Å². The lowest BCUT2D eigenvalue weighted by Gasteiger charge is -2.26. The van der Waals surface area contributed by atoms with Crippen LogP contribution >= 0.6 is 11.6 Å². The summed E-state index contributed by atoms with van der Waals surface area (Å²) in [5.74, 6) is 0.737. The largest absolute Gasteiger partial charge is 0.379 e. The summed E-state index contributed by atoms with van der Waals surface area (Å²) in [6, 6.07) is 13.8. The number of fused-ring (bicyclic) bond motifs is 1. The van der Waals surface area contributed by atoms with Crippen LogP contribution in [0.1, 0.15) is 5.56 Å². The lowest BCUT2D eigenvalue weighted by molar-refractivity contribution is 0.0342.